The predicted molar refractivity (Wildman–Crippen MR) is 70.1 cm³/mol. The Morgan fingerprint density at radius 1 is 1.50 bits per heavy atom. The molecule has 1 aromatic heterocycles. The number of nitrogens with zero attached hydrogens (tertiary/aromatic N) is 4. The van der Waals surface area contributed by atoms with Crippen LogP contribution >= 0.6 is 11.8 Å². The average Bonchev–Trinajstić information content (AvgIpc) is 2.84. The molecule has 7 heteroatoms. The zero-order valence-corrected chi connectivity index (χ0v) is 11.4. The van der Waals surface area contributed by atoms with E-state index in [1.54, 1.807) is 0 Å². The normalized spacial score (nSPS) is 23.8. The van der Waals surface area contributed by atoms with E-state index in [0.717, 1.165) is 12.2 Å². The largest absolute Gasteiger partial charge is 0.351 e. The van der Waals surface area contributed by atoms with Crippen LogP contribution in [0.15, 0.2) is 6.33 Å². The number of aromatic nitrogens is 4. The Kier molecular flexibility index (Phi) is 4.98. The highest BCUT2D eigenvalue weighted by atomic mass is 32.2. The van der Waals surface area contributed by atoms with Gasteiger partial charge in [0.25, 0.3) is 0 Å². The van der Waals surface area contributed by atoms with Crippen LogP contribution in [0.5, 0.6) is 0 Å². The molecule has 1 aromatic rings. The summed E-state index contributed by atoms with van der Waals surface area (Å²) in [6.07, 6.45) is 6.22. The van der Waals surface area contributed by atoms with Gasteiger partial charge in [0, 0.05) is 11.3 Å². The van der Waals surface area contributed by atoms with E-state index in [1.165, 1.54) is 30.3 Å². The van der Waals surface area contributed by atoms with Crippen LogP contribution < -0.4 is 5.32 Å². The van der Waals surface area contributed by atoms with E-state index >= 15 is 0 Å². The van der Waals surface area contributed by atoms with Crippen molar-refractivity contribution in [1.29, 1.82) is 0 Å². The molecule has 1 N–H and O–H groups in total. The fourth-order valence-corrected chi connectivity index (χ4v) is 3.53. The monoisotopic (exact) mass is 269 g/mol. The van der Waals surface area contributed by atoms with Crippen LogP contribution in [0.2, 0.25) is 0 Å². The van der Waals surface area contributed by atoms with Gasteiger partial charge in [-0.1, -0.05) is 19.8 Å². The lowest BCUT2D eigenvalue weighted by molar-refractivity contribution is -0.122. The number of nitrogens with one attached hydrogen (secondary N) is 1. The second-order valence-corrected chi connectivity index (χ2v) is 5.98. The molecule has 0 aliphatic heterocycles. The van der Waals surface area contributed by atoms with E-state index in [-0.39, 0.29) is 12.5 Å². The first-order valence-electron chi connectivity index (χ1n) is 6.41. The summed E-state index contributed by atoms with van der Waals surface area (Å²) in [5.74, 6) is 1.10. The summed E-state index contributed by atoms with van der Waals surface area (Å²) in [5.41, 5.74) is 0. The summed E-state index contributed by atoms with van der Waals surface area (Å²) < 4.78 is 1.44. The Hall–Kier alpha value is -1.11. The van der Waals surface area contributed by atoms with Gasteiger partial charge in [-0.2, -0.15) is 11.8 Å². The molecule has 18 heavy (non-hydrogen) atoms. The molecule has 0 unspecified atom stereocenters. The van der Waals surface area contributed by atoms with E-state index in [0.29, 0.717) is 11.3 Å². The topological polar surface area (TPSA) is 72.7 Å². The number of rotatable bonds is 5. The van der Waals surface area contributed by atoms with Crippen molar-refractivity contribution in [2.24, 2.45) is 0 Å². The molecule has 0 bridgehead atoms. The van der Waals surface area contributed by atoms with Crippen LogP contribution in [-0.4, -0.2) is 43.2 Å². The Morgan fingerprint density at radius 3 is 3.06 bits per heavy atom. The van der Waals surface area contributed by atoms with Gasteiger partial charge in [0.1, 0.15) is 12.9 Å². The van der Waals surface area contributed by atoms with Crippen molar-refractivity contribution in [2.45, 2.75) is 50.4 Å². The summed E-state index contributed by atoms with van der Waals surface area (Å²) in [6.45, 7) is 2.37. The summed E-state index contributed by atoms with van der Waals surface area (Å²) in [4.78, 5) is 11.9. The third-order valence-corrected chi connectivity index (χ3v) is 4.45. The summed E-state index contributed by atoms with van der Waals surface area (Å²) in [6, 6.07) is 0.299. The van der Waals surface area contributed by atoms with Crippen molar-refractivity contribution in [3.8, 4) is 0 Å². The lowest BCUT2D eigenvalue weighted by atomic mass is 9.95. The van der Waals surface area contributed by atoms with Crippen LogP contribution in [0.25, 0.3) is 0 Å². The molecule has 1 heterocycles. The number of carbonyl (C=O) groups excluding carboxylic acids is 1. The average molecular weight is 269 g/mol. The van der Waals surface area contributed by atoms with E-state index in [1.807, 2.05) is 11.8 Å². The van der Waals surface area contributed by atoms with Crippen LogP contribution in [0.4, 0.5) is 0 Å². The number of hydrogen-bond acceptors (Lipinski definition) is 5. The fraction of sp³-hybridized carbons (Fsp3) is 0.818. The molecular formula is C11H19N5OS. The standard InChI is InChI=1S/C11H19N5OS/c1-2-18-10-6-4-3-5-9(10)13-11(17)7-16-8-12-14-15-16/h8-10H,2-7H2,1H3,(H,13,17)/t9-,10+/m1/s1. The van der Waals surface area contributed by atoms with Crippen LogP contribution in [0.3, 0.4) is 0 Å². The molecule has 2 rings (SSSR count). The quantitative estimate of drug-likeness (QED) is 0.858. The van der Waals surface area contributed by atoms with E-state index in [4.69, 9.17) is 0 Å². The van der Waals surface area contributed by atoms with Crippen molar-refractivity contribution in [3.63, 3.8) is 0 Å². The summed E-state index contributed by atoms with van der Waals surface area (Å²) in [7, 11) is 0. The number of hydrogen-bond donors (Lipinski definition) is 1. The first-order valence-corrected chi connectivity index (χ1v) is 7.46. The lowest BCUT2D eigenvalue weighted by Crippen LogP contribution is -2.45. The van der Waals surface area contributed by atoms with Gasteiger partial charge in [-0.15, -0.1) is 5.10 Å². The second-order valence-electron chi connectivity index (χ2n) is 4.46. The number of carbonyl (C=O) groups is 1. The highest BCUT2D eigenvalue weighted by molar-refractivity contribution is 7.99. The number of thioether (sulfide) groups is 1. The minimum atomic E-state index is -0.00379. The van der Waals surface area contributed by atoms with Gasteiger partial charge in [0.2, 0.25) is 5.91 Å². The van der Waals surface area contributed by atoms with Crippen LogP contribution in [0.1, 0.15) is 32.6 Å². The smallest absolute Gasteiger partial charge is 0.242 e. The Morgan fingerprint density at radius 2 is 2.33 bits per heavy atom. The third kappa shape index (κ3) is 3.69. The lowest BCUT2D eigenvalue weighted by Gasteiger charge is -2.31. The van der Waals surface area contributed by atoms with Gasteiger partial charge < -0.3 is 5.32 Å². The third-order valence-electron chi connectivity index (χ3n) is 3.13. The van der Waals surface area contributed by atoms with Crippen molar-refractivity contribution in [1.82, 2.24) is 25.5 Å². The molecule has 1 aliphatic carbocycles. The van der Waals surface area contributed by atoms with Crippen molar-refractivity contribution < 1.29 is 4.79 Å². The van der Waals surface area contributed by atoms with Crippen molar-refractivity contribution >= 4 is 17.7 Å². The fourth-order valence-electron chi connectivity index (χ4n) is 2.33. The van der Waals surface area contributed by atoms with E-state index < -0.39 is 0 Å². The predicted octanol–water partition coefficient (Wildman–Crippen LogP) is 0.854. The van der Waals surface area contributed by atoms with Crippen LogP contribution in [-0.2, 0) is 11.3 Å². The highest BCUT2D eigenvalue weighted by Gasteiger charge is 2.26. The molecule has 1 amide bonds. The molecule has 100 valence electrons. The van der Waals surface area contributed by atoms with Gasteiger partial charge in [0.15, 0.2) is 0 Å². The zero-order valence-electron chi connectivity index (χ0n) is 10.6. The molecule has 1 saturated carbocycles. The number of tetrazole rings is 1. The van der Waals surface area contributed by atoms with Crippen LogP contribution in [0, 0.1) is 0 Å². The van der Waals surface area contributed by atoms with E-state index in [9.17, 15) is 4.79 Å². The van der Waals surface area contributed by atoms with Crippen molar-refractivity contribution in [3.05, 3.63) is 6.33 Å². The van der Waals surface area contributed by atoms with Gasteiger partial charge in [-0.25, -0.2) is 4.68 Å². The molecular weight excluding hydrogens is 250 g/mol. The van der Waals surface area contributed by atoms with E-state index in [2.05, 4.69) is 27.8 Å². The van der Waals surface area contributed by atoms with Crippen molar-refractivity contribution in [2.75, 3.05) is 5.75 Å². The summed E-state index contributed by atoms with van der Waals surface area (Å²) in [5, 5.41) is 14.4. The summed E-state index contributed by atoms with van der Waals surface area (Å²) >= 11 is 1.95. The van der Waals surface area contributed by atoms with Gasteiger partial charge in [0.05, 0.1) is 0 Å². The first kappa shape index (κ1) is 13.3. The Balaban J connectivity index is 1.84. The van der Waals surface area contributed by atoms with Gasteiger partial charge in [-0.05, 0) is 29.0 Å². The Labute approximate surface area is 111 Å². The second kappa shape index (κ2) is 6.72. The minimum absolute atomic E-state index is 0.00379. The zero-order chi connectivity index (χ0) is 12.8. The SMILES string of the molecule is CCS[C@H]1CCCC[C@H]1NC(=O)Cn1cnnn1. The number of amides is 1. The highest BCUT2D eigenvalue weighted by Crippen LogP contribution is 2.28. The molecule has 2 atom stereocenters. The molecule has 6 nitrogen and oxygen atoms in total. The molecule has 0 radical (unpaired) electrons. The van der Waals surface area contributed by atoms with Gasteiger partial charge in [-0.3, -0.25) is 4.79 Å². The maximum atomic E-state index is 11.9. The minimum Gasteiger partial charge on any atom is -0.351 e. The molecule has 0 saturated heterocycles. The Bertz CT molecular complexity index is 368. The molecule has 1 aliphatic rings. The molecule has 0 aromatic carbocycles. The maximum Gasteiger partial charge on any atom is 0.242 e. The first-order chi connectivity index (χ1) is 8.79. The molecule has 0 spiro atoms. The maximum absolute atomic E-state index is 11.9. The molecule has 1 fully saturated rings. The van der Waals surface area contributed by atoms with Gasteiger partial charge >= 0.3 is 0 Å².